The summed E-state index contributed by atoms with van der Waals surface area (Å²) in [7, 11) is 0. The summed E-state index contributed by atoms with van der Waals surface area (Å²) < 4.78 is 0.963. The monoisotopic (exact) mass is 282 g/mol. The number of nitrogens with one attached hydrogen (secondary N) is 2. The van der Waals surface area contributed by atoms with Crippen molar-refractivity contribution < 1.29 is 0 Å². The molecule has 84 valence electrons. The molecule has 6 nitrogen and oxygen atoms in total. The summed E-state index contributed by atoms with van der Waals surface area (Å²) in [4.78, 5) is 0. The number of nitrogen functional groups attached to an aromatic ring is 1. The first kappa shape index (κ1) is 10.9. The molecule has 0 spiro atoms. The molecule has 0 fully saturated rings. The maximum atomic E-state index is 5.84. The lowest BCUT2D eigenvalue weighted by Gasteiger charge is -2.13. The maximum Gasteiger partial charge on any atom is 0.196 e. The maximum absolute atomic E-state index is 5.84. The molecule has 0 aliphatic rings. The van der Waals surface area contributed by atoms with Gasteiger partial charge in [0.25, 0.3) is 0 Å². The van der Waals surface area contributed by atoms with Gasteiger partial charge in [0.15, 0.2) is 5.82 Å². The molecular formula is C9H11BrN6. The number of benzene rings is 1. The van der Waals surface area contributed by atoms with E-state index >= 15 is 0 Å². The molecule has 0 amide bonds. The smallest absolute Gasteiger partial charge is 0.196 e. The van der Waals surface area contributed by atoms with Crippen LogP contribution in [0.5, 0.6) is 0 Å². The lowest BCUT2D eigenvalue weighted by molar-refractivity contribution is 0.794. The molecule has 1 unspecified atom stereocenters. The van der Waals surface area contributed by atoms with E-state index in [4.69, 9.17) is 5.73 Å². The topological polar surface area (TPSA) is 92.5 Å². The van der Waals surface area contributed by atoms with E-state index in [1.54, 1.807) is 0 Å². The van der Waals surface area contributed by atoms with Gasteiger partial charge in [0.2, 0.25) is 0 Å². The Morgan fingerprint density at radius 1 is 1.50 bits per heavy atom. The van der Waals surface area contributed by atoms with Crippen molar-refractivity contribution >= 4 is 27.3 Å². The molecule has 7 heteroatoms. The van der Waals surface area contributed by atoms with E-state index < -0.39 is 0 Å². The summed E-state index contributed by atoms with van der Waals surface area (Å²) in [5.74, 6) is 0.597. The molecule has 1 aromatic heterocycles. The number of anilines is 2. The minimum atomic E-state index is -0.0599. The average molecular weight is 283 g/mol. The van der Waals surface area contributed by atoms with E-state index in [-0.39, 0.29) is 6.04 Å². The van der Waals surface area contributed by atoms with Crippen LogP contribution in [0.4, 0.5) is 11.4 Å². The van der Waals surface area contributed by atoms with Crippen LogP contribution in [0.3, 0.4) is 0 Å². The zero-order valence-corrected chi connectivity index (χ0v) is 10.2. The van der Waals surface area contributed by atoms with Gasteiger partial charge in [-0.3, -0.25) is 0 Å². The molecule has 4 N–H and O–H groups in total. The van der Waals surface area contributed by atoms with Gasteiger partial charge in [-0.15, -0.1) is 10.2 Å². The van der Waals surface area contributed by atoms with Crippen molar-refractivity contribution in [1.82, 2.24) is 20.6 Å². The third-order valence-electron chi connectivity index (χ3n) is 2.14. The second-order valence-corrected chi connectivity index (χ2v) is 4.28. The molecule has 0 bridgehead atoms. The number of H-pyrrole nitrogens is 1. The number of nitrogens with two attached hydrogens (primary N) is 1. The molecule has 2 rings (SSSR count). The number of rotatable bonds is 3. The third-order valence-corrected chi connectivity index (χ3v) is 2.63. The highest BCUT2D eigenvalue weighted by Crippen LogP contribution is 2.26. The fraction of sp³-hybridized carbons (Fsp3) is 0.222. The molecule has 0 saturated carbocycles. The van der Waals surface area contributed by atoms with E-state index in [2.05, 4.69) is 41.9 Å². The summed E-state index contributed by atoms with van der Waals surface area (Å²) in [6.45, 7) is 1.94. The van der Waals surface area contributed by atoms with Gasteiger partial charge >= 0.3 is 0 Å². The van der Waals surface area contributed by atoms with Crippen LogP contribution in [0.2, 0.25) is 0 Å². The Balaban J connectivity index is 2.17. The molecule has 0 aliphatic carbocycles. The minimum absolute atomic E-state index is 0.0599. The Morgan fingerprint density at radius 3 is 3.00 bits per heavy atom. The quantitative estimate of drug-likeness (QED) is 0.746. The Bertz CT molecular complexity index is 469. The van der Waals surface area contributed by atoms with Crippen LogP contribution in [-0.2, 0) is 0 Å². The molecule has 1 aromatic carbocycles. The number of nitrogens with zero attached hydrogens (tertiary/aromatic N) is 3. The van der Waals surface area contributed by atoms with Crippen LogP contribution in [0.1, 0.15) is 18.8 Å². The van der Waals surface area contributed by atoms with Crippen LogP contribution in [0.15, 0.2) is 22.7 Å². The van der Waals surface area contributed by atoms with Crippen molar-refractivity contribution in [2.24, 2.45) is 0 Å². The molecule has 0 saturated heterocycles. The summed E-state index contributed by atoms with van der Waals surface area (Å²) in [5.41, 5.74) is 7.36. The predicted octanol–water partition coefficient (Wildman–Crippen LogP) is 1.72. The average Bonchev–Trinajstić information content (AvgIpc) is 2.76. The van der Waals surface area contributed by atoms with Gasteiger partial charge in [-0.05, 0) is 25.1 Å². The van der Waals surface area contributed by atoms with Gasteiger partial charge in [-0.1, -0.05) is 21.1 Å². The number of aromatic nitrogens is 4. The fourth-order valence-electron chi connectivity index (χ4n) is 1.30. The number of aromatic amines is 1. The van der Waals surface area contributed by atoms with Gasteiger partial charge in [0.1, 0.15) is 0 Å². The molecule has 16 heavy (non-hydrogen) atoms. The highest BCUT2D eigenvalue weighted by Gasteiger charge is 2.11. The minimum Gasteiger partial charge on any atom is -0.397 e. The van der Waals surface area contributed by atoms with E-state index in [0.717, 1.165) is 10.2 Å². The Kier molecular flexibility index (Phi) is 3.04. The molecule has 2 aromatic rings. The standard InChI is InChI=1S/C9H11BrN6/c1-5(9-13-15-16-14-9)12-8-4-6(10)2-3-7(8)11/h2-5,12H,11H2,1H3,(H,13,14,15,16). The van der Waals surface area contributed by atoms with Gasteiger partial charge in [-0.25, -0.2) is 0 Å². The van der Waals surface area contributed by atoms with E-state index in [1.807, 2.05) is 25.1 Å². The Labute approximate surface area is 101 Å². The third kappa shape index (κ3) is 2.30. The number of tetrazole rings is 1. The van der Waals surface area contributed by atoms with E-state index in [9.17, 15) is 0 Å². The van der Waals surface area contributed by atoms with Gasteiger partial charge in [-0.2, -0.15) is 5.21 Å². The van der Waals surface area contributed by atoms with Crippen molar-refractivity contribution in [3.63, 3.8) is 0 Å². The number of hydrogen-bond acceptors (Lipinski definition) is 5. The largest absolute Gasteiger partial charge is 0.397 e. The van der Waals surface area contributed by atoms with Gasteiger partial charge < -0.3 is 11.1 Å². The molecule has 1 atom stereocenters. The second kappa shape index (κ2) is 4.48. The van der Waals surface area contributed by atoms with Crippen molar-refractivity contribution in [1.29, 1.82) is 0 Å². The molecule has 0 aliphatic heterocycles. The van der Waals surface area contributed by atoms with Gasteiger partial charge in [0, 0.05) is 4.47 Å². The van der Waals surface area contributed by atoms with Crippen molar-refractivity contribution in [2.45, 2.75) is 13.0 Å². The van der Waals surface area contributed by atoms with E-state index in [0.29, 0.717) is 11.5 Å². The molecular weight excluding hydrogens is 272 g/mol. The first-order chi connectivity index (χ1) is 7.66. The van der Waals surface area contributed by atoms with Crippen LogP contribution >= 0.6 is 15.9 Å². The summed E-state index contributed by atoms with van der Waals surface area (Å²) in [5, 5.41) is 16.9. The lowest BCUT2D eigenvalue weighted by atomic mass is 10.2. The van der Waals surface area contributed by atoms with E-state index in [1.165, 1.54) is 0 Å². The first-order valence-electron chi connectivity index (χ1n) is 4.71. The molecule has 1 heterocycles. The highest BCUT2D eigenvalue weighted by molar-refractivity contribution is 9.10. The Morgan fingerprint density at radius 2 is 2.31 bits per heavy atom. The summed E-state index contributed by atoms with van der Waals surface area (Å²) in [6, 6.07) is 5.57. The first-order valence-corrected chi connectivity index (χ1v) is 5.51. The highest BCUT2D eigenvalue weighted by atomic mass is 79.9. The number of hydrogen-bond donors (Lipinski definition) is 3. The van der Waals surface area contributed by atoms with Crippen molar-refractivity contribution in [3.05, 3.63) is 28.5 Å². The van der Waals surface area contributed by atoms with Crippen molar-refractivity contribution in [3.8, 4) is 0 Å². The van der Waals surface area contributed by atoms with Gasteiger partial charge in [0.05, 0.1) is 17.4 Å². The van der Waals surface area contributed by atoms with Crippen LogP contribution < -0.4 is 11.1 Å². The summed E-state index contributed by atoms with van der Waals surface area (Å²) in [6.07, 6.45) is 0. The zero-order valence-electron chi connectivity index (χ0n) is 8.61. The summed E-state index contributed by atoms with van der Waals surface area (Å²) >= 11 is 3.39. The molecule has 0 radical (unpaired) electrons. The van der Waals surface area contributed by atoms with Crippen molar-refractivity contribution in [2.75, 3.05) is 11.1 Å². The fourth-order valence-corrected chi connectivity index (χ4v) is 1.67. The zero-order chi connectivity index (χ0) is 11.5. The van der Waals surface area contributed by atoms with Crippen LogP contribution in [0, 0.1) is 0 Å². The van der Waals surface area contributed by atoms with Crippen LogP contribution in [0.25, 0.3) is 0 Å². The lowest BCUT2D eigenvalue weighted by Crippen LogP contribution is -2.10. The predicted molar refractivity (Wildman–Crippen MR) is 64.8 cm³/mol. The normalized spacial score (nSPS) is 12.4. The second-order valence-electron chi connectivity index (χ2n) is 3.37. The SMILES string of the molecule is CC(Nc1cc(Br)ccc1N)c1nn[nH]n1. The number of halogens is 1. The Hall–Kier alpha value is -1.63. The van der Waals surface area contributed by atoms with Crippen LogP contribution in [-0.4, -0.2) is 20.6 Å².